The molecular formula is C21H14Cl2F6N2O3. The van der Waals surface area contributed by atoms with E-state index in [4.69, 9.17) is 28.0 Å². The van der Waals surface area contributed by atoms with E-state index in [2.05, 4.69) is 10.5 Å². The number of nitrogens with zero attached hydrogens (tertiary/aromatic N) is 1. The molecule has 182 valence electrons. The summed E-state index contributed by atoms with van der Waals surface area (Å²) >= 11 is 11.7. The van der Waals surface area contributed by atoms with Crippen molar-refractivity contribution < 1.29 is 40.8 Å². The van der Waals surface area contributed by atoms with Crippen LogP contribution in [0.4, 0.5) is 26.3 Å². The molecule has 1 atom stereocenters. The molecule has 0 aromatic heterocycles. The Bertz CT molecular complexity index is 1110. The molecule has 0 radical (unpaired) electrons. The van der Waals surface area contributed by atoms with Crippen LogP contribution in [0, 0.1) is 0 Å². The number of halogens is 8. The van der Waals surface area contributed by atoms with Crippen LogP contribution in [0.2, 0.25) is 10.0 Å². The van der Waals surface area contributed by atoms with Gasteiger partial charge in [-0.2, -0.15) is 26.3 Å². The standard InChI is InChI=1S/C21H14Cl2F6N2O3/c22-14-5-13(6-15(23)7-14)19(21(27,28)29)9-17(31-34-19)11-1-3-12(4-2-11)18(33)30-10-16(32)8-20(24,25)26/h1-7H,8-10H2,(H,30,33). The number of nitrogens with one attached hydrogen (secondary N) is 1. The van der Waals surface area contributed by atoms with Gasteiger partial charge in [-0.25, -0.2) is 0 Å². The Balaban J connectivity index is 1.74. The van der Waals surface area contributed by atoms with Crippen molar-refractivity contribution in [2.75, 3.05) is 6.54 Å². The summed E-state index contributed by atoms with van der Waals surface area (Å²) in [5.74, 6) is -2.05. The molecule has 0 spiro atoms. The number of Topliss-reactive ketones (excluding diaryl/α,β-unsaturated/α-hetero) is 1. The van der Waals surface area contributed by atoms with Gasteiger partial charge in [0.2, 0.25) is 0 Å². The number of amides is 1. The van der Waals surface area contributed by atoms with Crippen molar-refractivity contribution >= 4 is 40.6 Å². The molecule has 34 heavy (non-hydrogen) atoms. The average molecular weight is 527 g/mol. The summed E-state index contributed by atoms with van der Waals surface area (Å²) in [4.78, 5) is 28.2. The lowest BCUT2D eigenvalue weighted by Gasteiger charge is -2.29. The minimum atomic E-state index is -4.88. The maximum atomic E-state index is 14.0. The third kappa shape index (κ3) is 5.82. The molecule has 2 aromatic rings. The number of ketones is 1. The van der Waals surface area contributed by atoms with Crippen LogP contribution in [0.3, 0.4) is 0 Å². The van der Waals surface area contributed by atoms with Gasteiger partial charge in [0.25, 0.3) is 11.5 Å². The van der Waals surface area contributed by atoms with Gasteiger partial charge in [0, 0.05) is 27.6 Å². The normalized spacial score (nSPS) is 18.3. The third-order valence-electron chi connectivity index (χ3n) is 4.84. The first-order valence-electron chi connectivity index (χ1n) is 9.46. The van der Waals surface area contributed by atoms with Crippen molar-refractivity contribution in [1.29, 1.82) is 0 Å². The summed E-state index contributed by atoms with van der Waals surface area (Å²) in [6.45, 7) is -0.822. The first kappa shape index (κ1) is 25.8. The molecule has 0 saturated heterocycles. The van der Waals surface area contributed by atoms with Crippen molar-refractivity contribution in [3.8, 4) is 0 Å². The largest absolute Gasteiger partial charge is 0.435 e. The maximum Gasteiger partial charge on any atom is 0.435 e. The van der Waals surface area contributed by atoms with Crippen LogP contribution in [-0.4, -0.2) is 36.3 Å². The van der Waals surface area contributed by atoms with Gasteiger partial charge in [-0.15, -0.1) is 0 Å². The summed E-state index contributed by atoms with van der Waals surface area (Å²) in [5.41, 5.74) is -3.04. The van der Waals surface area contributed by atoms with Crippen LogP contribution in [0.15, 0.2) is 47.6 Å². The molecule has 1 unspecified atom stereocenters. The minimum Gasteiger partial charge on any atom is -0.374 e. The van der Waals surface area contributed by atoms with Gasteiger partial charge in [0.15, 0.2) is 5.78 Å². The number of alkyl halides is 6. The van der Waals surface area contributed by atoms with Crippen LogP contribution in [0.25, 0.3) is 0 Å². The fraction of sp³-hybridized carbons (Fsp3) is 0.286. The lowest BCUT2D eigenvalue weighted by Crippen LogP contribution is -2.42. The highest BCUT2D eigenvalue weighted by atomic mass is 35.5. The number of carbonyl (C=O) groups excluding carboxylic acids is 2. The van der Waals surface area contributed by atoms with Gasteiger partial charge < -0.3 is 10.2 Å². The maximum absolute atomic E-state index is 14.0. The number of oxime groups is 1. The summed E-state index contributed by atoms with van der Waals surface area (Å²) < 4.78 is 78.7. The molecule has 2 aromatic carbocycles. The Hall–Kier alpha value is -2.79. The van der Waals surface area contributed by atoms with E-state index in [1.165, 1.54) is 30.3 Å². The number of hydrogen-bond acceptors (Lipinski definition) is 4. The molecule has 1 amide bonds. The second-order valence-corrected chi connectivity index (χ2v) is 8.25. The van der Waals surface area contributed by atoms with Crippen LogP contribution < -0.4 is 5.32 Å². The molecule has 1 N–H and O–H groups in total. The molecule has 1 heterocycles. The molecule has 13 heteroatoms. The lowest BCUT2D eigenvalue weighted by atomic mass is 9.86. The van der Waals surface area contributed by atoms with Crippen LogP contribution in [0.5, 0.6) is 0 Å². The second kappa shape index (κ2) is 9.46. The smallest absolute Gasteiger partial charge is 0.374 e. The first-order valence-corrected chi connectivity index (χ1v) is 10.2. The van der Waals surface area contributed by atoms with E-state index in [9.17, 15) is 35.9 Å². The highest BCUT2D eigenvalue weighted by molar-refractivity contribution is 6.34. The molecule has 1 aliphatic heterocycles. The van der Waals surface area contributed by atoms with Gasteiger partial charge in [0.1, 0.15) is 6.42 Å². The molecule has 0 bridgehead atoms. The van der Waals surface area contributed by atoms with Gasteiger partial charge >= 0.3 is 12.4 Å². The first-order chi connectivity index (χ1) is 15.7. The highest BCUT2D eigenvalue weighted by Gasteiger charge is 2.62. The van der Waals surface area contributed by atoms with Crippen molar-refractivity contribution in [3.63, 3.8) is 0 Å². The van der Waals surface area contributed by atoms with Gasteiger partial charge in [0.05, 0.1) is 12.3 Å². The zero-order valence-corrected chi connectivity index (χ0v) is 18.4. The van der Waals surface area contributed by atoms with Crippen molar-refractivity contribution in [1.82, 2.24) is 5.32 Å². The molecule has 0 aliphatic carbocycles. The van der Waals surface area contributed by atoms with E-state index >= 15 is 0 Å². The third-order valence-corrected chi connectivity index (χ3v) is 5.28. The summed E-state index contributed by atoms with van der Waals surface area (Å²) in [7, 11) is 0. The monoisotopic (exact) mass is 526 g/mol. The summed E-state index contributed by atoms with van der Waals surface area (Å²) in [6, 6.07) is 8.47. The highest BCUT2D eigenvalue weighted by Crippen LogP contribution is 2.49. The Morgan fingerprint density at radius 1 is 1.00 bits per heavy atom. The quantitative estimate of drug-likeness (QED) is 0.481. The van der Waals surface area contributed by atoms with Crippen molar-refractivity contribution in [2.45, 2.75) is 30.8 Å². The fourth-order valence-electron chi connectivity index (χ4n) is 3.23. The average Bonchev–Trinajstić information content (AvgIpc) is 3.17. The number of carbonyl (C=O) groups is 2. The fourth-order valence-corrected chi connectivity index (χ4v) is 3.75. The molecule has 0 saturated carbocycles. The van der Waals surface area contributed by atoms with Gasteiger partial charge in [-0.1, -0.05) is 40.5 Å². The Kier molecular flexibility index (Phi) is 7.18. The molecular weight excluding hydrogens is 513 g/mol. The zero-order valence-electron chi connectivity index (χ0n) is 16.9. The van der Waals surface area contributed by atoms with E-state index in [0.29, 0.717) is 0 Å². The summed E-state index contributed by atoms with van der Waals surface area (Å²) in [6.07, 6.45) is -11.9. The molecule has 1 aliphatic rings. The van der Waals surface area contributed by atoms with Crippen molar-refractivity contribution in [2.24, 2.45) is 5.16 Å². The SMILES string of the molecule is O=C(CNC(=O)c1ccc(C2=NOC(c3cc(Cl)cc(Cl)c3)(C(F)(F)F)C2)cc1)CC(F)(F)F. The number of benzene rings is 2. The predicted molar refractivity (Wildman–Crippen MR) is 111 cm³/mol. The zero-order chi connectivity index (χ0) is 25.3. The predicted octanol–water partition coefficient (Wildman–Crippen LogP) is 5.83. The Morgan fingerprint density at radius 2 is 1.59 bits per heavy atom. The van der Waals surface area contributed by atoms with Gasteiger partial charge in [-0.3, -0.25) is 9.59 Å². The number of rotatable bonds is 6. The van der Waals surface area contributed by atoms with E-state index < -0.39 is 49.0 Å². The second-order valence-electron chi connectivity index (χ2n) is 7.38. The van der Waals surface area contributed by atoms with Crippen LogP contribution in [-0.2, 0) is 15.2 Å². The summed E-state index contributed by atoms with van der Waals surface area (Å²) in [5, 5.41) is 5.60. The molecule has 5 nitrogen and oxygen atoms in total. The Morgan fingerprint density at radius 3 is 2.12 bits per heavy atom. The van der Waals surface area contributed by atoms with Crippen LogP contribution in [0.1, 0.15) is 34.3 Å². The van der Waals surface area contributed by atoms with E-state index in [0.717, 1.165) is 12.1 Å². The van der Waals surface area contributed by atoms with E-state index in [1.54, 1.807) is 0 Å². The van der Waals surface area contributed by atoms with Gasteiger partial charge in [-0.05, 0) is 35.9 Å². The molecule has 3 rings (SSSR count). The minimum absolute atomic E-state index is 0.0211. The Labute approximate surface area is 198 Å². The van der Waals surface area contributed by atoms with E-state index in [-0.39, 0.29) is 32.4 Å². The van der Waals surface area contributed by atoms with Crippen molar-refractivity contribution in [3.05, 3.63) is 69.2 Å². The number of hydrogen-bond donors (Lipinski definition) is 1. The lowest BCUT2D eigenvalue weighted by molar-refractivity contribution is -0.275. The van der Waals surface area contributed by atoms with E-state index in [1.807, 2.05) is 0 Å². The molecule has 0 fully saturated rings. The topological polar surface area (TPSA) is 67.8 Å². The van der Waals surface area contributed by atoms with Crippen LogP contribution >= 0.6 is 23.2 Å².